The van der Waals surface area contributed by atoms with Crippen molar-refractivity contribution in [3.63, 3.8) is 0 Å². The third-order valence-corrected chi connectivity index (χ3v) is 4.02. The Morgan fingerprint density at radius 3 is 2.70 bits per heavy atom. The van der Waals surface area contributed by atoms with Crippen LogP contribution in [0.2, 0.25) is 0 Å². The lowest BCUT2D eigenvalue weighted by molar-refractivity contribution is 0.123. The van der Waals surface area contributed by atoms with Gasteiger partial charge in [-0.3, -0.25) is 5.43 Å². The van der Waals surface area contributed by atoms with Gasteiger partial charge in [-0.1, -0.05) is 18.2 Å². The quantitative estimate of drug-likeness (QED) is 0.647. The van der Waals surface area contributed by atoms with Crippen LogP contribution in [0.15, 0.2) is 48.8 Å². The Labute approximate surface area is 134 Å². The molecule has 0 bridgehead atoms. The minimum atomic E-state index is 0.763. The van der Waals surface area contributed by atoms with Crippen LogP contribution in [-0.4, -0.2) is 36.3 Å². The number of ether oxygens (including phenoxy) is 1. The van der Waals surface area contributed by atoms with E-state index in [1.54, 1.807) is 0 Å². The molecule has 0 aliphatic carbocycles. The molecule has 3 aromatic rings. The van der Waals surface area contributed by atoms with E-state index in [4.69, 9.17) is 4.74 Å². The molecule has 1 aliphatic rings. The highest BCUT2D eigenvalue weighted by atomic mass is 16.5. The summed E-state index contributed by atoms with van der Waals surface area (Å²) in [5.41, 5.74) is 10.6. The predicted octanol–water partition coefficient (Wildman–Crippen LogP) is 2.84. The average Bonchev–Trinajstić information content (AvgIpc) is 3.05. The highest BCUT2D eigenvalue weighted by molar-refractivity contribution is 6.00. The Kier molecular flexibility index (Phi) is 3.73. The van der Waals surface area contributed by atoms with E-state index in [2.05, 4.69) is 31.8 Å². The van der Waals surface area contributed by atoms with Crippen LogP contribution >= 0.6 is 0 Å². The van der Waals surface area contributed by atoms with Gasteiger partial charge in [-0.15, -0.1) is 0 Å². The van der Waals surface area contributed by atoms with Gasteiger partial charge < -0.3 is 20.0 Å². The smallest absolute Gasteiger partial charge is 0.141 e. The molecule has 1 aromatic carbocycles. The maximum Gasteiger partial charge on any atom is 0.141 e. The first kappa shape index (κ1) is 13.9. The van der Waals surface area contributed by atoms with Crippen LogP contribution in [0.25, 0.3) is 11.0 Å². The second-order valence-electron chi connectivity index (χ2n) is 5.47. The Bertz CT molecular complexity index is 780. The number of hydrogen-bond acceptors (Lipinski definition) is 5. The SMILES string of the molecule is c1ccc(NNc2c[nH]c3nccc(N4CCOCC4)c23)cc1. The molecule has 0 radical (unpaired) electrons. The Morgan fingerprint density at radius 2 is 1.87 bits per heavy atom. The number of nitrogens with one attached hydrogen (secondary N) is 3. The van der Waals surface area contributed by atoms with Gasteiger partial charge in [0, 0.05) is 25.5 Å². The summed E-state index contributed by atoms with van der Waals surface area (Å²) in [6, 6.07) is 12.1. The normalized spacial score (nSPS) is 14.9. The van der Waals surface area contributed by atoms with Crippen molar-refractivity contribution in [2.75, 3.05) is 42.1 Å². The first-order valence-electron chi connectivity index (χ1n) is 7.78. The summed E-state index contributed by atoms with van der Waals surface area (Å²) in [7, 11) is 0. The highest BCUT2D eigenvalue weighted by Gasteiger charge is 2.17. The van der Waals surface area contributed by atoms with E-state index < -0.39 is 0 Å². The molecular formula is C17H19N5O. The van der Waals surface area contributed by atoms with Crippen molar-refractivity contribution < 1.29 is 4.74 Å². The highest BCUT2D eigenvalue weighted by Crippen LogP contribution is 2.32. The molecule has 0 unspecified atom stereocenters. The summed E-state index contributed by atoms with van der Waals surface area (Å²) in [6.07, 6.45) is 3.79. The van der Waals surface area contributed by atoms with E-state index in [0.717, 1.165) is 48.7 Å². The summed E-state index contributed by atoms with van der Waals surface area (Å²) in [4.78, 5) is 10.0. The number of hydrogen-bond donors (Lipinski definition) is 3. The maximum atomic E-state index is 5.46. The van der Waals surface area contributed by atoms with E-state index in [0.29, 0.717) is 0 Å². The fourth-order valence-electron chi connectivity index (χ4n) is 2.87. The number of para-hydroxylation sites is 1. The molecule has 118 valence electrons. The van der Waals surface area contributed by atoms with Crippen LogP contribution in [0.1, 0.15) is 0 Å². The van der Waals surface area contributed by atoms with Gasteiger partial charge in [0.15, 0.2) is 0 Å². The molecular weight excluding hydrogens is 290 g/mol. The van der Waals surface area contributed by atoms with Crippen molar-refractivity contribution >= 4 is 28.1 Å². The second-order valence-corrected chi connectivity index (χ2v) is 5.47. The first-order chi connectivity index (χ1) is 11.4. The van der Waals surface area contributed by atoms with Gasteiger partial charge in [0.1, 0.15) is 5.65 Å². The van der Waals surface area contributed by atoms with E-state index in [-0.39, 0.29) is 0 Å². The third kappa shape index (κ3) is 2.80. The number of rotatable bonds is 4. The third-order valence-electron chi connectivity index (χ3n) is 4.02. The molecule has 0 saturated carbocycles. The van der Waals surface area contributed by atoms with Gasteiger partial charge in [0.05, 0.1) is 35.7 Å². The molecule has 3 heterocycles. The molecule has 0 spiro atoms. The summed E-state index contributed by atoms with van der Waals surface area (Å²) >= 11 is 0. The zero-order valence-electron chi connectivity index (χ0n) is 12.7. The van der Waals surface area contributed by atoms with Crippen LogP contribution in [0, 0.1) is 0 Å². The van der Waals surface area contributed by atoms with Gasteiger partial charge in [-0.05, 0) is 18.2 Å². The molecule has 1 fully saturated rings. The number of morpholine rings is 1. The van der Waals surface area contributed by atoms with E-state index in [1.165, 1.54) is 5.69 Å². The molecule has 23 heavy (non-hydrogen) atoms. The lowest BCUT2D eigenvalue weighted by atomic mass is 10.2. The Morgan fingerprint density at radius 1 is 1.04 bits per heavy atom. The Hall–Kier alpha value is -2.73. The monoisotopic (exact) mass is 309 g/mol. The number of anilines is 3. The van der Waals surface area contributed by atoms with E-state index in [1.807, 2.05) is 42.7 Å². The predicted molar refractivity (Wildman–Crippen MR) is 92.8 cm³/mol. The molecule has 0 amide bonds. The van der Waals surface area contributed by atoms with Crippen molar-refractivity contribution in [2.45, 2.75) is 0 Å². The summed E-state index contributed by atoms with van der Waals surface area (Å²) in [5, 5.41) is 1.10. The number of nitrogens with zero attached hydrogens (tertiary/aromatic N) is 2. The minimum Gasteiger partial charge on any atom is -0.378 e. The van der Waals surface area contributed by atoms with E-state index in [9.17, 15) is 0 Å². The van der Waals surface area contributed by atoms with Gasteiger partial charge in [0.25, 0.3) is 0 Å². The fourth-order valence-corrected chi connectivity index (χ4v) is 2.87. The number of aromatic nitrogens is 2. The van der Waals surface area contributed by atoms with Gasteiger partial charge >= 0.3 is 0 Å². The molecule has 6 nitrogen and oxygen atoms in total. The molecule has 2 aromatic heterocycles. The van der Waals surface area contributed by atoms with Crippen molar-refractivity contribution in [3.8, 4) is 0 Å². The van der Waals surface area contributed by atoms with Crippen LogP contribution in [0.3, 0.4) is 0 Å². The molecule has 3 N–H and O–H groups in total. The zero-order chi connectivity index (χ0) is 15.5. The summed E-state index contributed by atoms with van der Waals surface area (Å²) in [6.45, 7) is 3.32. The lowest BCUT2D eigenvalue weighted by Crippen LogP contribution is -2.36. The van der Waals surface area contributed by atoms with Crippen LogP contribution < -0.4 is 15.8 Å². The van der Waals surface area contributed by atoms with E-state index >= 15 is 0 Å². The number of pyridine rings is 1. The number of H-pyrrole nitrogens is 1. The fraction of sp³-hybridized carbons (Fsp3) is 0.235. The minimum absolute atomic E-state index is 0.763. The van der Waals surface area contributed by atoms with Crippen molar-refractivity contribution in [3.05, 3.63) is 48.8 Å². The van der Waals surface area contributed by atoms with Crippen molar-refractivity contribution in [1.82, 2.24) is 9.97 Å². The van der Waals surface area contributed by atoms with Crippen molar-refractivity contribution in [2.24, 2.45) is 0 Å². The largest absolute Gasteiger partial charge is 0.378 e. The van der Waals surface area contributed by atoms with Gasteiger partial charge in [-0.2, -0.15) is 0 Å². The van der Waals surface area contributed by atoms with Crippen LogP contribution in [-0.2, 0) is 4.74 Å². The second kappa shape index (κ2) is 6.18. The topological polar surface area (TPSA) is 65.2 Å². The zero-order valence-corrected chi connectivity index (χ0v) is 12.7. The summed E-state index contributed by atoms with van der Waals surface area (Å²) < 4.78 is 5.46. The molecule has 1 saturated heterocycles. The van der Waals surface area contributed by atoms with Crippen LogP contribution in [0.4, 0.5) is 17.1 Å². The molecule has 1 aliphatic heterocycles. The number of benzene rings is 1. The molecule has 6 heteroatoms. The summed E-state index contributed by atoms with van der Waals surface area (Å²) in [5.74, 6) is 0. The molecule has 0 atom stereocenters. The standard InChI is InChI=1S/C17H19N5O/c1-2-4-13(5-3-1)20-21-14-12-19-17-16(14)15(6-7-18-17)22-8-10-23-11-9-22/h1-7,12,20-21H,8-11H2,(H,18,19). The lowest BCUT2D eigenvalue weighted by Gasteiger charge is -2.29. The first-order valence-corrected chi connectivity index (χ1v) is 7.78. The van der Waals surface area contributed by atoms with Crippen LogP contribution in [0.5, 0.6) is 0 Å². The van der Waals surface area contributed by atoms with Crippen molar-refractivity contribution in [1.29, 1.82) is 0 Å². The number of fused-ring (bicyclic) bond motifs is 1. The number of aromatic amines is 1. The van der Waals surface area contributed by atoms with Gasteiger partial charge in [0.2, 0.25) is 0 Å². The maximum absolute atomic E-state index is 5.46. The van der Waals surface area contributed by atoms with Gasteiger partial charge in [-0.25, -0.2) is 4.98 Å². The number of hydrazine groups is 1. The Balaban J connectivity index is 1.64. The molecule has 4 rings (SSSR count). The average molecular weight is 309 g/mol.